The zero-order valence-corrected chi connectivity index (χ0v) is 15.7. The Hall–Kier alpha value is -2.51. The summed E-state index contributed by atoms with van der Waals surface area (Å²) in [5.74, 6) is -0.661. The first-order valence-corrected chi connectivity index (χ1v) is 8.42. The van der Waals surface area contributed by atoms with Crippen LogP contribution in [0.15, 0.2) is 35.9 Å². The van der Waals surface area contributed by atoms with E-state index in [9.17, 15) is 25.7 Å². The number of benzene rings is 2. The molecule has 0 saturated carbocycles. The van der Waals surface area contributed by atoms with Crippen molar-refractivity contribution < 1.29 is 20.4 Å². The topological polar surface area (TPSA) is 117 Å². The van der Waals surface area contributed by atoms with E-state index in [0.29, 0.717) is 14.7 Å². The highest BCUT2D eigenvalue weighted by Crippen LogP contribution is 2.32. The van der Waals surface area contributed by atoms with Gasteiger partial charge in [0.1, 0.15) is 22.6 Å². The van der Waals surface area contributed by atoms with E-state index in [1.165, 1.54) is 30.3 Å². The lowest BCUT2D eigenvalue weighted by atomic mass is 10.1. The Balaban J connectivity index is 2.17. The number of nitriles is 1. The van der Waals surface area contributed by atoms with E-state index in [0.717, 1.165) is 0 Å². The van der Waals surface area contributed by atoms with Crippen LogP contribution in [0.25, 0.3) is 6.08 Å². The molecule has 0 fully saturated rings. The number of hydrogen-bond acceptors (Lipinski definition) is 6. The summed E-state index contributed by atoms with van der Waals surface area (Å²) in [6, 6.07) is 9.04. The summed E-state index contributed by atoms with van der Waals surface area (Å²) in [5, 5.41) is 50.3. The third-order valence-electron chi connectivity index (χ3n) is 3.16. The molecule has 0 atom stereocenters. The van der Waals surface area contributed by atoms with E-state index in [1.807, 2.05) is 28.7 Å². The van der Waals surface area contributed by atoms with Gasteiger partial charge in [-0.3, -0.25) is 0 Å². The molecule has 0 bridgehead atoms. The van der Waals surface area contributed by atoms with Gasteiger partial charge in [0.2, 0.25) is 0 Å². The number of nitrogens with one attached hydrogen (secondary N) is 1. The lowest BCUT2D eigenvalue weighted by Crippen LogP contribution is -2.22. The molecule has 0 aliphatic carbocycles. The molecule has 0 heterocycles. The minimum Gasteiger partial charge on any atom is -0.508 e. The third-order valence-corrected chi connectivity index (χ3v) is 4.34. The van der Waals surface area contributed by atoms with E-state index in [1.54, 1.807) is 6.07 Å². The first-order chi connectivity index (χ1) is 11.8. The van der Waals surface area contributed by atoms with Gasteiger partial charge in [-0.2, -0.15) is 5.26 Å². The van der Waals surface area contributed by atoms with Crippen LogP contribution >= 0.6 is 34.8 Å². The van der Waals surface area contributed by atoms with Crippen LogP contribution in [0.5, 0.6) is 23.0 Å². The molecule has 0 amide bonds. The highest BCUT2D eigenvalue weighted by atomic mass is 127. The predicted octanol–water partition coefficient (Wildman–Crippen LogP) is 3.14. The summed E-state index contributed by atoms with van der Waals surface area (Å²) in [5.41, 5.74) is 1.27. The molecule has 0 aliphatic rings. The molecular formula is C17H13IN2O4S. The number of thiocarbonyl (C=S) groups is 1. The first-order valence-electron chi connectivity index (χ1n) is 6.93. The van der Waals surface area contributed by atoms with Crippen molar-refractivity contribution >= 4 is 45.9 Å². The fourth-order valence-corrected chi connectivity index (χ4v) is 2.85. The molecule has 8 heteroatoms. The van der Waals surface area contributed by atoms with Crippen molar-refractivity contribution in [2.75, 3.05) is 0 Å². The van der Waals surface area contributed by atoms with Crippen molar-refractivity contribution in [2.24, 2.45) is 0 Å². The minimum absolute atomic E-state index is 0.0760. The molecule has 0 saturated heterocycles. The zero-order valence-electron chi connectivity index (χ0n) is 12.7. The average molecular weight is 468 g/mol. The van der Waals surface area contributed by atoms with E-state index >= 15 is 0 Å². The fourth-order valence-electron chi connectivity index (χ4n) is 2.04. The number of halogens is 1. The lowest BCUT2D eigenvalue weighted by Gasteiger charge is -2.09. The van der Waals surface area contributed by atoms with Crippen LogP contribution in [0.4, 0.5) is 0 Å². The second-order valence-electron chi connectivity index (χ2n) is 5.08. The van der Waals surface area contributed by atoms with E-state index < -0.39 is 0 Å². The summed E-state index contributed by atoms with van der Waals surface area (Å²) < 4.78 is 0.440. The SMILES string of the molecule is N#C/C(=C\c1cc(O)c(O)c(I)c1)C(=S)NCc1cc(O)cc(O)c1. The molecule has 2 aromatic rings. The molecule has 6 nitrogen and oxygen atoms in total. The minimum atomic E-state index is -0.287. The Morgan fingerprint density at radius 2 is 1.76 bits per heavy atom. The summed E-state index contributed by atoms with van der Waals surface area (Å²) >= 11 is 7.05. The van der Waals surface area contributed by atoms with E-state index in [-0.39, 0.29) is 40.1 Å². The molecule has 128 valence electrons. The van der Waals surface area contributed by atoms with Crippen molar-refractivity contribution in [2.45, 2.75) is 6.54 Å². The second-order valence-corrected chi connectivity index (χ2v) is 6.65. The number of aromatic hydroxyl groups is 4. The highest BCUT2D eigenvalue weighted by molar-refractivity contribution is 14.1. The van der Waals surface area contributed by atoms with Gasteiger partial charge in [0, 0.05) is 12.6 Å². The molecule has 25 heavy (non-hydrogen) atoms. The molecule has 0 aliphatic heterocycles. The molecule has 2 aromatic carbocycles. The molecule has 0 spiro atoms. The Labute approximate surface area is 162 Å². The van der Waals surface area contributed by atoms with Crippen LogP contribution in [-0.4, -0.2) is 25.4 Å². The van der Waals surface area contributed by atoms with Gasteiger partial charge in [0.05, 0.1) is 9.14 Å². The quantitative estimate of drug-likeness (QED) is 0.154. The van der Waals surface area contributed by atoms with Crippen molar-refractivity contribution in [1.29, 1.82) is 5.26 Å². The molecule has 5 N–H and O–H groups in total. The van der Waals surface area contributed by atoms with Crippen molar-refractivity contribution in [3.8, 4) is 29.1 Å². The van der Waals surface area contributed by atoms with Crippen LogP contribution in [0.1, 0.15) is 11.1 Å². The number of phenolic OH excluding ortho intramolecular Hbond substituents is 4. The van der Waals surface area contributed by atoms with Gasteiger partial charge in [0.25, 0.3) is 0 Å². The molecule has 0 aromatic heterocycles. The molecular weight excluding hydrogens is 455 g/mol. The first kappa shape index (κ1) is 18.8. The lowest BCUT2D eigenvalue weighted by molar-refractivity contribution is 0.401. The van der Waals surface area contributed by atoms with Crippen molar-refractivity contribution in [1.82, 2.24) is 5.32 Å². The standard InChI is InChI=1S/C17H13IN2O4S/c18-14-4-9(5-15(23)16(14)24)1-11(7-19)17(25)20-8-10-2-12(21)6-13(22)3-10/h1-6,21-24H,8H2,(H,20,25)/b11-1+. The van der Waals surface area contributed by atoms with Crippen molar-refractivity contribution in [3.05, 3.63) is 50.6 Å². The predicted molar refractivity (Wildman–Crippen MR) is 105 cm³/mol. The van der Waals surface area contributed by atoms with Crippen LogP contribution in [-0.2, 0) is 6.54 Å². The number of nitrogens with zero attached hydrogens (tertiary/aromatic N) is 1. The van der Waals surface area contributed by atoms with Gasteiger partial charge in [-0.15, -0.1) is 0 Å². The molecule has 0 radical (unpaired) electrons. The van der Waals surface area contributed by atoms with Gasteiger partial charge in [-0.25, -0.2) is 0 Å². The maximum absolute atomic E-state index is 9.65. The van der Waals surface area contributed by atoms with Crippen LogP contribution in [0, 0.1) is 14.9 Å². The second kappa shape index (κ2) is 8.04. The Bertz CT molecular complexity index is 863. The maximum Gasteiger partial charge on any atom is 0.171 e. The average Bonchev–Trinajstić information content (AvgIpc) is 2.54. The summed E-state index contributed by atoms with van der Waals surface area (Å²) in [6.07, 6.45) is 1.48. The summed E-state index contributed by atoms with van der Waals surface area (Å²) in [6.45, 7) is 0.207. The van der Waals surface area contributed by atoms with Crippen LogP contribution < -0.4 is 5.32 Å². The number of phenols is 4. The van der Waals surface area contributed by atoms with Gasteiger partial charge in [-0.05, 0) is 64.1 Å². The number of hydrogen-bond donors (Lipinski definition) is 5. The van der Waals surface area contributed by atoms with Gasteiger partial charge in [-0.1, -0.05) is 12.2 Å². The smallest absolute Gasteiger partial charge is 0.171 e. The molecule has 0 unspecified atom stereocenters. The van der Waals surface area contributed by atoms with E-state index in [2.05, 4.69) is 5.32 Å². The summed E-state index contributed by atoms with van der Waals surface area (Å²) in [7, 11) is 0. The third kappa shape index (κ3) is 4.98. The van der Waals surface area contributed by atoms with Gasteiger partial charge < -0.3 is 25.7 Å². The molecule has 2 rings (SSSR count). The van der Waals surface area contributed by atoms with Gasteiger partial charge in [0.15, 0.2) is 11.5 Å². The summed E-state index contributed by atoms with van der Waals surface area (Å²) in [4.78, 5) is 0.174. The van der Waals surface area contributed by atoms with E-state index in [4.69, 9.17) is 12.2 Å². The maximum atomic E-state index is 9.65. The Morgan fingerprint density at radius 1 is 1.12 bits per heavy atom. The Morgan fingerprint density at radius 3 is 2.32 bits per heavy atom. The van der Waals surface area contributed by atoms with Crippen molar-refractivity contribution in [3.63, 3.8) is 0 Å². The zero-order chi connectivity index (χ0) is 18.6. The fraction of sp³-hybridized carbons (Fsp3) is 0.0588. The monoisotopic (exact) mass is 468 g/mol. The Kier molecular flexibility index (Phi) is 6.06. The van der Waals surface area contributed by atoms with Gasteiger partial charge >= 0.3 is 0 Å². The van der Waals surface area contributed by atoms with Crippen LogP contribution in [0.2, 0.25) is 0 Å². The highest BCUT2D eigenvalue weighted by Gasteiger charge is 2.09. The number of rotatable bonds is 4. The largest absolute Gasteiger partial charge is 0.508 e. The van der Waals surface area contributed by atoms with Crippen LogP contribution in [0.3, 0.4) is 0 Å². The normalized spacial score (nSPS) is 11.0.